The summed E-state index contributed by atoms with van der Waals surface area (Å²) in [7, 11) is 0. The molecule has 4 rings (SSSR count). The number of fused-ring (bicyclic) bond motifs is 1. The van der Waals surface area contributed by atoms with Gasteiger partial charge in [-0.05, 0) is 43.5 Å². The predicted octanol–water partition coefficient (Wildman–Crippen LogP) is 2.10. The number of benzene rings is 1. The Bertz CT molecular complexity index is 938. The first-order valence-corrected chi connectivity index (χ1v) is 8.65. The predicted molar refractivity (Wildman–Crippen MR) is 101 cm³/mol. The standard InChI is InChI=1S/C18H21N7O/c1-11-8-13(2-3-15(11)26)23-17-16-14(21-10-22-17)9-20-18(24-16)25-6-4-12(19)5-7-25/h2-3,8-10,12,26H,4-7,19H2,1H3,(H,21,22,23). The monoisotopic (exact) mass is 351 g/mol. The average molecular weight is 351 g/mol. The summed E-state index contributed by atoms with van der Waals surface area (Å²) in [6.07, 6.45) is 5.08. The molecule has 26 heavy (non-hydrogen) atoms. The van der Waals surface area contributed by atoms with Crippen LogP contribution in [0.2, 0.25) is 0 Å². The van der Waals surface area contributed by atoms with Crippen LogP contribution >= 0.6 is 0 Å². The number of nitrogens with zero attached hydrogens (tertiary/aromatic N) is 5. The van der Waals surface area contributed by atoms with Crippen LogP contribution in [0.4, 0.5) is 17.5 Å². The van der Waals surface area contributed by atoms with Gasteiger partial charge in [0.05, 0.1) is 6.20 Å². The van der Waals surface area contributed by atoms with Crippen molar-refractivity contribution in [3.8, 4) is 5.75 Å². The van der Waals surface area contributed by atoms with Gasteiger partial charge in [-0.3, -0.25) is 0 Å². The van der Waals surface area contributed by atoms with Crippen molar-refractivity contribution in [3.63, 3.8) is 0 Å². The molecule has 2 aromatic heterocycles. The third-order valence-corrected chi connectivity index (χ3v) is 4.65. The fourth-order valence-electron chi connectivity index (χ4n) is 3.06. The molecule has 0 bridgehead atoms. The molecule has 0 saturated carbocycles. The van der Waals surface area contributed by atoms with Crippen molar-refractivity contribution in [2.24, 2.45) is 5.73 Å². The van der Waals surface area contributed by atoms with Gasteiger partial charge in [0.2, 0.25) is 5.95 Å². The van der Waals surface area contributed by atoms with Crippen LogP contribution in [0.5, 0.6) is 5.75 Å². The number of hydrogen-bond donors (Lipinski definition) is 3. The van der Waals surface area contributed by atoms with E-state index in [1.54, 1.807) is 18.3 Å². The minimum atomic E-state index is 0.255. The molecule has 0 radical (unpaired) electrons. The lowest BCUT2D eigenvalue weighted by atomic mass is 10.1. The van der Waals surface area contributed by atoms with Crippen molar-refractivity contribution in [2.45, 2.75) is 25.8 Å². The van der Waals surface area contributed by atoms with E-state index in [9.17, 15) is 5.11 Å². The molecular weight excluding hydrogens is 330 g/mol. The second kappa shape index (κ2) is 6.72. The third kappa shape index (κ3) is 3.23. The number of aromatic nitrogens is 4. The zero-order valence-corrected chi connectivity index (χ0v) is 14.6. The first-order valence-electron chi connectivity index (χ1n) is 8.65. The van der Waals surface area contributed by atoms with Crippen LogP contribution in [0.3, 0.4) is 0 Å². The zero-order chi connectivity index (χ0) is 18.1. The van der Waals surface area contributed by atoms with E-state index in [0.717, 1.165) is 37.2 Å². The Hall–Kier alpha value is -3.00. The fraction of sp³-hybridized carbons (Fsp3) is 0.333. The maximum atomic E-state index is 9.69. The van der Waals surface area contributed by atoms with E-state index in [1.165, 1.54) is 6.33 Å². The van der Waals surface area contributed by atoms with Crippen LogP contribution in [0.15, 0.2) is 30.7 Å². The van der Waals surface area contributed by atoms with Crippen LogP contribution in [0.1, 0.15) is 18.4 Å². The third-order valence-electron chi connectivity index (χ3n) is 4.65. The van der Waals surface area contributed by atoms with Crippen LogP contribution in [0, 0.1) is 6.92 Å². The van der Waals surface area contributed by atoms with E-state index in [2.05, 4.69) is 25.2 Å². The normalized spacial score (nSPS) is 15.4. The summed E-state index contributed by atoms with van der Waals surface area (Å²) >= 11 is 0. The van der Waals surface area contributed by atoms with Crippen molar-refractivity contribution in [1.82, 2.24) is 19.9 Å². The summed E-state index contributed by atoms with van der Waals surface area (Å²) in [5.41, 5.74) is 8.93. The van der Waals surface area contributed by atoms with E-state index in [1.807, 2.05) is 13.0 Å². The highest BCUT2D eigenvalue weighted by molar-refractivity contribution is 5.87. The topological polar surface area (TPSA) is 113 Å². The Morgan fingerprint density at radius 3 is 2.77 bits per heavy atom. The number of anilines is 3. The van der Waals surface area contributed by atoms with E-state index in [0.29, 0.717) is 22.8 Å². The molecule has 3 aromatic rings. The molecule has 1 aromatic carbocycles. The average Bonchev–Trinajstić information content (AvgIpc) is 2.65. The lowest BCUT2D eigenvalue weighted by molar-refractivity contribution is 0.471. The maximum absolute atomic E-state index is 9.69. The Labute approximate surface area is 151 Å². The van der Waals surface area contributed by atoms with Gasteiger partial charge in [0.1, 0.15) is 23.1 Å². The molecule has 0 amide bonds. The van der Waals surface area contributed by atoms with E-state index in [-0.39, 0.29) is 11.8 Å². The molecule has 4 N–H and O–H groups in total. The summed E-state index contributed by atoms with van der Waals surface area (Å²) in [5.74, 6) is 1.54. The van der Waals surface area contributed by atoms with E-state index in [4.69, 9.17) is 10.7 Å². The smallest absolute Gasteiger partial charge is 0.226 e. The number of phenolic OH excluding ortho intramolecular Hbond substituents is 1. The highest BCUT2D eigenvalue weighted by atomic mass is 16.3. The van der Waals surface area contributed by atoms with E-state index < -0.39 is 0 Å². The van der Waals surface area contributed by atoms with Gasteiger partial charge < -0.3 is 21.1 Å². The summed E-state index contributed by atoms with van der Waals surface area (Å²) in [4.78, 5) is 19.9. The second-order valence-electron chi connectivity index (χ2n) is 6.58. The van der Waals surface area contributed by atoms with Crippen molar-refractivity contribution in [2.75, 3.05) is 23.3 Å². The maximum Gasteiger partial charge on any atom is 0.226 e. The van der Waals surface area contributed by atoms with Gasteiger partial charge in [-0.1, -0.05) is 0 Å². The van der Waals surface area contributed by atoms with Gasteiger partial charge in [0.15, 0.2) is 5.82 Å². The van der Waals surface area contributed by atoms with Crippen molar-refractivity contribution < 1.29 is 5.11 Å². The van der Waals surface area contributed by atoms with Gasteiger partial charge >= 0.3 is 0 Å². The first kappa shape index (κ1) is 16.5. The van der Waals surface area contributed by atoms with Crippen LogP contribution < -0.4 is 16.0 Å². The summed E-state index contributed by atoms with van der Waals surface area (Å²) < 4.78 is 0. The number of aromatic hydroxyl groups is 1. The van der Waals surface area contributed by atoms with Gasteiger partial charge in [0, 0.05) is 24.8 Å². The van der Waals surface area contributed by atoms with Crippen LogP contribution in [0.25, 0.3) is 11.0 Å². The molecule has 1 fully saturated rings. The molecule has 3 heterocycles. The van der Waals surface area contributed by atoms with Crippen molar-refractivity contribution in [1.29, 1.82) is 0 Å². The number of nitrogens with two attached hydrogens (primary N) is 1. The van der Waals surface area contributed by atoms with Gasteiger partial charge in [-0.2, -0.15) is 0 Å². The molecule has 1 aliphatic rings. The van der Waals surface area contributed by atoms with Gasteiger partial charge in [0.25, 0.3) is 0 Å². The molecule has 0 atom stereocenters. The quantitative estimate of drug-likeness (QED) is 0.615. The lowest BCUT2D eigenvalue weighted by Gasteiger charge is -2.30. The van der Waals surface area contributed by atoms with Gasteiger partial charge in [-0.25, -0.2) is 19.9 Å². The number of phenols is 1. The summed E-state index contributed by atoms with van der Waals surface area (Å²) in [6, 6.07) is 5.56. The molecule has 8 heteroatoms. The fourth-order valence-corrected chi connectivity index (χ4v) is 3.06. The second-order valence-corrected chi connectivity index (χ2v) is 6.58. The number of hydrogen-bond acceptors (Lipinski definition) is 8. The number of rotatable bonds is 3. The van der Waals surface area contributed by atoms with Crippen molar-refractivity contribution >= 4 is 28.5 Å². The Morgan fingerprint density at radius 1 is 1.19 bits per heavy atom. The van der Waals surface area contributed by atoms with Crippen molar-refractivity contribution in [3.05, 3.63) is 36.3 Å². The van der Waals surface area contributed by atoms with Crippen LogP contribution in [-0.2, 0) is 0 Å². The molecule has 0 aliphatic carbocycles. The molecule has 0 unspecified atom stereocenters. The molecule has 1 aliphatic heterocycles. The summed E-state index contributed by atoms with van der Waals surface area (Å²) in [5, 5.41) is 13.0. The van der Waals surface area contributed by atoms with E-state index >= 15 is 0 Å². The highest BCUT2D eigenvalue weighted by Gasteiger charge is 2.19. The number of nitrogens with one attached hydrogen (secondary N) is 1. The number of aryl methyl sites for hydroxylation is 1. The minimum absolute atomic E-state index is 0.255. The number of piperidine rings is 1. The molecule has 1 saturated heterocycles. The van der Waals surface area contributed by atoms with Gasteiger partial charge in [-0.15, -0.1) is 0 Å². The SMILES string of the molecule is Cc1cc(Nc2ncnc3cnc(N4CCC(N)CC4)nc23)ccc1O. The minimum Gasteiger partial charge on any atom is -0.508 e. The molecule has 134 valence electrons. The summed E-state index contributed by atoms with van der Waals surface area (Å²) in [6.45, 7) is 3.54. The molecule has 8 nitrogen and oxygen atoms in total. The Morgan fingerprint density at radius 2 is 2.00 bits per heavy atom. The lowest BCUT2D eigenvalue weighted by Crippen LogP contribution is -2.40. The molecule has 0 spiro atoms. The van der Waals surface area contributed by atoms with Crippen LogP contribution in [-0.4, -0.2) is 44.2 Å². The Kier molecular flexibility index (Phi) is 4.26. The molecular formula is C18H21N7O. The largest absolute Gasteiger partial charge is 0.508 e. The highest BCUT2D eigenvalue weighted by Crippen LogP contribution is 2.26. The Balaban J connectivity index is 1.68. The first-order chi connectivity index (χ1) is 12.6. The zero-order valence-electron chi connectivity index (χ0n) is 14.6.